The van der Waals surface area contributed by atoms with Gasteiger partial charge in [0.2, 0.25) is 6.10 Å². The molecule has 0 saturated carbocycles. The summed E-state index contributed by atoms with van der Waals surface area (Å²) in [5.41, 5.74) is 0.993. The summed E-state index contributed by atoms with van der Waals surface area (Å²) in [6.07, 6.45) is 2.29. The quantitative estimate of drug-likeness (QED) is 0.779. The fourth-order valence-corrected chi connectivity index (χ4v) is 2.63. The van der Waals surface area contributed by atoms with E-state index in [2.05, 4.69) is 19.0 Å². The first-order valence-corrected chi connectivity index (χ1v) is 7.12. The average Bonchev–Trinajstić information content (AvgIpc) is 2.89. The highest BCUT2D eigenvalue weighted by atomic mass is 16.6. The minimum Gasteiger partial charge on any atom is -0.384 e. The first kappa shape index (κ1) is 14.3. The molecule has 1 atom stereocenters. The van der Waals surface area contributed by atoms with Gasteiger partial charge in [-0.3, -0.25) is 4.79 Å². The Morgan fingerprint density at radius 2 is 2.16 bits per heavy atom. The molecule has 1 amide bonds. The van der Waals surface area contributed by atoms with Crippen LogP contribution in [-0.2, 0) is 14.4 Å². The second-order valence-electron chi connectivity index (χ2n) is 5.76. The largest absolute Gasteiger partial charge is 0.384 e. The highest BCUT2D eigenvalue weighted by molar-refractivity contribution is 5.93. The van der Waals surface area contributed by atoms with E-state index in [1.54, 1.807) is 7.11 Å². The Balaban J connectivity index is 1.80. The van der Waals surface area contributed by atoms with E-state index in [0.29, 0.717) is 18.3 Å². The van der Waals surface area contributed by atoms with Crippen LogP contribution >= 0.6 is 0 Å². The van der Waals surface area contributed by atoms with Crippen LogP contribution in [0.5, 0.6) is 0 Å². The van der Waals surface area contributed by atoms with E-state index >= 15 is 0 Å². The molecule has 0 bridgehead atoms. The maximum absolute atomic E-state index is 12.3. The third kappa shape index (κ3) is 3.47. The smallest absolute Gasteiger partial charge is 0.266 e. The maximum atomic E-state index is 12.3. The Labute approximate surface area is 114 Å². The van der Waals surface area contributed by atoms with Crippen molar-refractivity contribution in [3.63, 3.8) is 0 Å². The van der Waals surface area contributed by atoms with Crippen molar-refractivity contribution >= 4 is 11.6 Å². The van der Waals surface area contributed by atoms with Crippen molar-refractivity contribution < 1.29 is 14.4 Å². The molecule has 0 aliphatic carbocycles. The standard InChI is InChI=1S/C14H24N2O3/c1-10(2)12-8-13(19-15-12)14(17)16-6-4-11(5-7-16)9-18-3/h10-11,13H,4-9H2,1-3H3/t13-/m1/s1. The van der Waals surface area contributed by atoms with E-state index < -0.39 is 6.10 Å². The number of carbonyl (C=O) groups excluding carboxylic acids is 1. The lowest BCUT2D eigenvalue weighted by Crippen LogP contribution is -2.44. The van der Waals surface area contributed by atoms with Gasteiger partial charge in [-0.15, -0.1) is 0 Å². The van der Waals surface area contributed by atoms with Gasteiger partial charge in [0.25, 0.3) is 5.91 Å². The number of methoxy groups -OCH3 is 1. The molecule has 1 saturated heterocycles. The number of hydrogen-bond acceptors (Lipinski definition) is 4. The molecule has 2 heterocycles. The Bertz CT molecular complexity index is 347. The van der Waals surface area contributed by atoms with Gasteiger partial charge in [0, 0.05) is 33.2 Å². The Hall–Kier alpha value is -1.10. The third-order valence-corrected chi connectivity index (χ3v) is 3.96. The summed E-state index contributed by atoms with van der Waals surface area (Å²) in [4.78, 5) is 19.5. The molecule has 0 radical (unpaired) electrons. The number of piperidine rings is 1. The number of likely N-dealkylation sites (tertiary alicyclic amines) is 1. The third-order valence-electron chi connectivity index (χ3n) is 3.96. The van der Waals surface area contributed by atoms with E-state index in [9.17, 15) is 4.79 Å². The zero-order chi connectivity index (χ0) is 13.8. The first-order valence-electron chi connectivity index (χ1n) is 7.12. The molecule has 2 aliphatic heterocycles. The van der Waals surface area contributed by atoms with Crippen molar-refractivity contribution in [2.24, 2.45) is 17.0 Å². The van der Waals surface area contributed by atoms with Crippen LogP contribution in [0.2, 0.25) is 0 Å². The Kier molecular flexibility index (Phi) is 4.80. The van der Waals surface area contributed by atoms with Crippen molar-refractivity contribution in [1.82, 2.24) is 4.90 Å². The van der Waals surface area contributed by atoms with Crippen LogP contribution in [0.25, 0.3) is 0 Å². The van der Waals surface area contributed by atoms with E-state index in [1.807, 2.05) is 4.90 Å². The molecule has 0 N–H and O–H groups in total. The van der Waals surface area contributed by atoms with Crippen LogP contribution in [0.4, 0.5) is 0 Å². The number of ether oxygens (including phenoxy) is 1. The minimum atomic E-state index is -0.392. The molecule has 2 aliphatic rings. The van der Waals surface area contributed by atoms with Crippen molar-refractivity contribution in [3.05, 3.63) is 0 Å². The van der Waals surface area contributed by atoms with Gasteiger partial charge >= 0.3 is 0 Å². The lowest BCUT2D eigenvalue weighted by Gasteiger charge is -2.32. The van der Waals surface area contributed by atoms with Gasteiger partial charge in [-0.25, -0.2) is 0 Å². The Morgan fingerprint density at radius 3 is 2.68 bits per heavy atom. The number of hydrogen-bond donors (Lipinski definition) is 0. The number of amides is 1. The van der Waals surface area contributed by atoms with Gasteiger partial charge in [0.05, 0.1) is 5.71 Å². The molecular weight excluding hydrogens is 244 g/mol. The van der Waals surface area contributed by atoms with Crippen LogP contribution in [0.1, 0.15) is 33.1 Å². The first-order chi connectivity index (χ1) is 9.11. The van der Waals surface area contributed by atoms with Crippen LogP contribution in [-0.4, -0.2) is 49.4 Å². The predicted molar refractivity (Wildman–Crippen MR) is 72.9 cm³/mol. The van der Waals surface area contributed by atoms with E-state index in [-0.39, 0.29) is 5.91 Å². The highest BCUT2D eigenvalue weighted by Crippen LogP contribution is 2.22. The van der Waals surface area contributed by atoms with Gasteiger partial charge in [0.15, 0.2) is 0 Å². The molecule has 5 heteroatoms. The molecule has 0 spiro atoms. The van der Waals surface area contributed by atoms with Crippen LogP contribution in [0.15, 0.2) is 5.16 Å². The van der Waals surface area contributed by atoms with Crippen molar-refractivity contribution in [2.75, 3.05) is 26.8 Å². The summed E-state index contributed by atoms with van der Waals surface area (Å²) in [6, 6.07) is 0. The fourth-order valence-electron chi connectivity index (χ4n) is 2.63. The fraction of sp³-hybridized carbons (Fsp3) is 0.857. The van der Waals surface area contributed by atoms with Gasteiger partial charge in [-0.05, 0) is 24.7 Å². The highest BCUT2D eigenvalue weighted by Gasteiger charge is 2.34. The molecule has 0 aromatic heterocycles. The zero-order valence-electron chi connectivity index (χ0n) is 12.1. The molecule has 19 heavy (non-hydrogen) atoms. The van der Waals surface area contributed by atoms with Gasteiger partial charge < -0.3 is 14.5 Å². The SMILES string of the molecule is COCC1CCN(C(=O)[C@H]2CC(C(C)C)=NO2)CC1. The minimum absolute atomic E-state index is 0.0928. The van der Waals surface area contributed by atoms with E-state index in [1.165, 1.54) is 0 Å². The molecule has 0 aromatic rings. The topological polar surface area (TPSA) is 51.1 Å². The predicted octanol–water partition coefficient (Wildman–Crippen LogP) is 1.67. The molecular formula is C14H24N2O3. The number of rotatable bonds is 4. The normalized spacial score (nSPS) is 24.5. The van der Waals surface area contributed by atoms with E-state index in [0.717, 1.165) is 38.2 Å². The van der Waals surface area contributed by atoms with Crippen molar-refractivity contribution in [2.45, 2.75) is 39.2 Å². The number of oxime groups is 1. The van der Waals surface area contributed by atoms with Crippen LogP contribution < -0.4 is 0 Å². The average molecular weight is 268 g/mol. The van der Waals surface area contributed by atoms with Crippen molar-refractivity contribution in [3.8, 4) is 0 Å². The molecule has 0 unspecified atom stereocenters. The molecule has 5 nitrogen and oxygen atoms in total. The lowest BCUT2D eigenvalue weighted by molar-refractivity contribution is -0.143. The van der Waals surface area contributed by atoms with E-state index in [4.69, 9.17) is 9.57 Å². The van der Waals surface area contributed by atoms with Crippen molar-refractivity contribution in [1.29, 1.82) is 0 Å². The summed E-state index contributed by atoms with van der Waals surface area (Å²) >= 11 is 0. The summed E-state index contributed by atoms with van der Waals surface area (Å²) in [7, 11) is 1.73. The summed E-state index contributed by atoms with van der Waals surface area (Å²) in [5.74, 6) is 1.03. The maximum Gasteiger partial charge on any atom is 0.266 e. The molecule has 2 rings (SSSR count). The molecule has 1 fully saturated rings. The van der Waals surface area contributed by atoms with Gasteiger partial charge in [-0.1, -0.05) is 19.0 Å². The lowest BCUT2D eigenvalue weighted by atomic mass is 9.96. The second kappa shape index (κ2) is 6.37. The van der Waals surface area contributed by atoms with Crippen LogP contribution in [0, 0.1) is 11.8 Å². The van der Waals surface area contributed by atoms with Gasteiger partial charge in [-0.2, -0.15) is 0 Å². The summed E-state index contributed by atoms with van der Waals surface area (Å²) in [6.45, 7) is 6.56. The number of carbonyl (C=O) groups is 1. The Morgan fingerprint density at radius 1 is 1.47 bits per heavy atom. The monoisotopic (exact) mass is 268 g/mol. The zero-order valence-corrected chi connectivity index (χ0v) is 12.1. The number of nitrogens with zero attached hydrogens (tertiary/aromatic N) is 2. The summed E-state index contributed by atoms with van der Waals surface area (Å²) in [5, 5.41) is 4.03. The molecule has 108 valence electrons. The summed E-state index contributed by atoms with van der Waals surface area (Å²) < 4.78 is 5.17. The van der Waals surface area contributed by atoms with Crippen LogP contribution in [0.3, 0.4) is 0 Å². The molecule has 0 aromatic carbocycles. The van der Waals surface area contributed by atoms with Gasteiger partial charge in [0.1, 0.15) is 0 Å². The second-order valence-corrected chi connectivity index (χ2v) is 5.76.